The zero-order valence-corrected chi connectivity index (χ0v) is 29.9. The Morgan fingerprint density at radius 2 is 1.64 bits per heavy atom. The predicted molar refractivity (Wildman–Crippen MR) is 187 cm³/mol. The van der Waals surface area contributed by atoms with Gasteiger partial charge in [-0.2, -0.15) is 17.2 Å². The molecule has 3 heterocycles. The van der Waals surface area contributed by atoms with Gasteiger partial charge in [-0.15, -0.1) is 35.7 Å². The Labute approximate surface area is 291 Å². The standard InChI is InChI=1S/C41H38N4O.Pt/c1-26(2)18-31-21-30(27(3)4)20-29(6)41(31)32-24-43-44(25-32)33-10-9-11-34(22-33)46-35-14-15-37-36-12-7-8-13-38(36)45(39(37)23-35)40-19-28(5)16-17-42-40;/h7-17,19-21,24-27H,18H2,1-6H3;/q-2;+2. The predicted octanol–water partition coefficient (Wildman–Crippen LogP) is 10.4. The summed E-state index contributed by atoms with van der Waals surface area (Å²) in [5.74, 6) is 3.10. The quantitative estimate of drug-likeness (QED) is 0.144. The third kappa shape index (κ3) is 6.42. The van der Waals surface area contributed by atoms with Gasteiger partial charge in [-0.1, -0.05) is 63.5 Å². The SMILES string of the molecule is Cc1ccnc(-n2c3[c-]c(Oc4[c-]c(-n5cc(-c6c(C)cc(C(C)C)cc6CC(C)C)cn5)ccc4)ccc3c3ccccc32)c1.[Pt+2]. The molecule has 5 nitrogen and oxygen atoms in total. The van der Waals surface area contributed by atoms with Crippen molar-refractivity contribution in [1.29, 1.82) is 0 Å². The van der Waals surface area contributed by atoms with Crippen LogP contribution in [-0.2, 0) is 27.5 Å². The van der Waals surface area contributed by atoms with Gasteiger partial charge in [0.05, 0.1) is 6.20 Å². The Morgan fingerprint density at radius 3 is 2.43 bits per heavy atom. The van der Waals surface area contributed by atoms with Crippen molar-refractivity contribution in [2.24, 2.45) is 5.92 Å². The summed E-state index contributed by atoms with van der Waals surface area (Å²) in [5.41, 5.74) is 10.4. The second-order valence-electron chi connectivity index (χ2n) is 12.9. The summed E-state index contributed by atoms with van der Waals surface area (Å²) in [4.78, 5) is 4.69. The van der Waals surface area contributed by atoms with Crippen LogP contribution < -0.4 is 4.74 Å². The summed E-state index contributed by atoms with van der Waals surface area (Å²) in [6.07, 6.45) is 6.93. The van der Waals surface area contributed by atoms with Gasteiger partial charge in [0.1, 0.15) is 5.82 Å². The molecule has 0 spiro atoms. The smallest absolute Gasteiger partial charge is 0.509 e. The van der Waals surface area contributed by atoms with Gasteiger partial charge in [-0.3, -0.25) is 4.68 Å². The van der Waals surface area contributed by atoms with Crippen LogP contribution in [0.1, 0.15) is 55.9 Å². The van der Waals surface area contributed by atoms with E-state index in [-0.39, 0.29) is 21.1 Å². The summed E-state index contributed by atoms with van der Waals surface area (Å²) in [7, 11) is 0. The number of aromatic nitrogens is 4. The Balaban J connectivity index is 0.00000386. The number of hydrogen-bond acceptors (Lipinski definition) is 3. The number of nitrogens with zero attached hydrogens (tertiary/aromatic N) is 4. The third-order valence-corrected chi connectivity index (χ3v) is 8.51. The van der Waals surface area contributed by atoms with E-state index in [1.807, 2.05) is 47.4 Å². The molecule has 4 aromatic carbocycles. The molecule has 0 N–H and O–H groups in total. The molecule has 0 amide bonds. The maximum atomic E-state index is 6.38. The average molecular weight is 798 g/mol. The van der Waals surface area contributed by atoms with Crippen molar-refractivity contribution in [2.45, 2.75) is 53.9 Å². The van der Waals surface area contributed by atoms with Crippen molar-refractivity contribution < 1.29 is 25.8 Å². The van der Waals surface area contributed by atoms with Crippen LogP contribution in [0.5, 0.6) is 11.5 Å². The van der Waals surface area contributed by atoms with Crippen molar-refractivity contribution in [3.05, 3.63) is 132 Å². The maximum Gasteiger partial charge on any atom is 2.00 e. The molecular formula is C41H38N4OPt. The maximum absolute atomic E-state index is 6.38. The van der Waals surface area contributed by atoms with Crippen molar-refractivity contribution in [3.8, 4) is 34.1 Å². The van der Waals surface area contributed by atoms with Gasteiger partial charge in [-0.05, 0) is 89.2 Å². The fraction of sp³-hybridized carbons (Fsp3) is 0.220. The molecule has 3 aromatic heterocycles. The first-order valence-electron chi connectivity index (χ1n) is 16.0. The van der Waals surface area contributed by atoms with Gasteiger partial charge in [-0.25, -0.2) is 4.98 Å². The Bertz CT molecular complexity index is 2210. The van der Waals surface area contributed by atoms with Gasteiger partial charge in [0.2, 0.25) is 0 Å². The van der Waals surface area contributed by atoms with E-state index in [0.717, 1.165) is 50.9 Å². The molecule has 0 fully saturated rings. The molecule has 0 aliphatic carbocycles. The second-order valence-corrected chi connectivity index (χ2v) is 12.9. The largest absolute Gasteiger partial charge is 2.00 e. The fourth-order valence-electron chi connectivity index (χ4n) is 6.38. The van der Waals surface area contributed by atoms with E-state index in [0.29, 0.717) is 23.3 Å². The molecule has 0 radical (unpaired) electrons. The average Bonchev–Trinajstić information content (AvgIpc) is 3.64. The first kappa shape index (κ1) is 32.5. The van der Waals surface area contributed by atoms with Crippen molar-refractivity contribution >= 4 is 21.8 Å². The number of benzene rings is 4. The molecule has 0 unspecified atom stereocenters. The van der Waals surface area contributed by atoms with E-state index in [1.165, 1.54) is 22.3 Å². The van der Waals surface area contributed by atoms with Gasteiger partial charge >= 0.3 is 21.1 Å². The number of rotatable bonds is 8. The number of pyridine rings is 1. The summed E-state index contributed by atoms with van der Waals surface area (Å²) < 4.78 is 10.4. The topological polar surface area (TPSA) is 44.9 Å². The Kier molecular flexibility index (Phi) is 9.21. The van der Waals surface area contributed by atoms with Crippen LogP contribution in [0.2, 0.25) is 0 Å². The van der Waals surface area contributed by atoms with Crippen LogP contribution in [0.4, 0.5) is 0 Å². The van der Waals surface area contributed by atoms with E-state index in [4.69, 9.17) is 9.84 Å². The van der Waals surface area contributed by atoms with Crippen LogP contribution in [-0.4, -0.2) is 19.3 Å². The summed E-state index contributed by atoms with van der Waals surface area (Å²) in [6.45, 7) is 13.4. The van der Waals surface area contributed by atoms with E-state index >= 15 is 0 Å². The molecule has 7 aromatic rings. The minimum Gasteiger partial charge on any atom is -0.509 e. The molecule has 0 bridgehead atoms. The molecule has 0 aliphatic heterocycles. The molecule has 47 heavy (non-hydrogen) atoms. The molecule has 0 aliphatic rings. The summed E-state index contributed by atoms with van der Waals surface area (Å²) in [5, 5.41) is 7.01. The first-order valence-corrected chi connectivity index (χ1v) is 16.0. The van der Waals surface area contributed by atoms with Crippen molar-refractivity contribution in [3.63, 3.8) is 0 Å². The zero-order chi connectivity index (χ0) is 31.9. The summed E-state index contributed by atoms with van der Waals surface area (Å²) >= 11 is 0. The normalized spacial score (nSPS) is 11.5. The van der Waals surface area contributed by atoms with Crippen LogP contribution in [0.15, 0.2) is 97.5 Å². The van der Waals surface area contributed by atoms with Crippen molar-refractivity contribution in [1.82, 2.24) is 19.3 Å². The number of ether oxygens (including phenoxy) is 1. The van der Waals surface area contributed by atoms with Crippen LogP contribution in [0, 0.1) is 31.9 Å². The fourth-order valence-corrected chi connectivity index (χ4v) is 6.38. The second kappa shape index (κ2) is 13.3. The molecule has 0 saturated heterocycles. The molecule has 238 valence electrons. The zero-order valence-electron chi connectivity index (χ0n) is 27.6. The number of hydrogen-bond donors (Lipinski definition) is 0. The monoisotopic (exact) mass is 797 g/mol. The molecule has 0 atom stereocenters. The van der Waals surface area contributed by atoms with Gasteiger partial charge in [0.25, 0.3) is 0 Å². The van der Waals surface area contributed by atoms with Crippen molar-refractivity contribution in [2.75, 3.05) is 0 Å². The van der Waals surface area contributed by atoms with Crippen LogP contribution in [0.25, 0.3) is 44.4 Å². The Morgan fingerprint density at radius 1 is 0.830 bits per heavy atom. The third-order valence-electron chi connectivity index (χ3n) is 8.51. The first-order chi connectivity index (χ1) is 22.2. The Hall–Kier alpha value is -4.47. The van der Waals surface area contributed by atoms with E-state index in [1.54, 1.807) is 0 Å². The van der Waals surface area contributed by atoms with Gasteiger partial charge in [0, 0.05) is 35.0 Å². The molecular weight excluding hydrogens is 760 g/mol. The van der Waals surface area contributed by atoms with Crippen LogP contribution in [0.3, 0.4) is 0 Å². The van der Waals surface area contributed by atoms with Crippen LogP contribution >= 0.6 is 0 Å². The molecule has 7 rings (SSSR count). The summed E-state index contributed by atoms with van der Waals surface area (Å²) in [6, 6.07) is 34.1. The van der Waals surface area contributed by atoms with Gasteiger partial charge < -0.3 is 9.30 Å². The number of fused-ring (bicyclic) bond motifs is 3. The molecule has 0 saturated carbocycles. The van der Waals surface area contributed by atoms with E-state index in [2.05, 4.69) is 118 Å². The van der Waals surface area contributed by atoms with E-state index < -0.39 is 0 Å². The molecule has 6 heteroatoms. The number of para-hydroxylation sites is 1. The minimum absolute atomic E-state index is 0. The van der Waals surface area contributed by atoms with Gasteiger partial charge in [0.15, 0.2) is 0 Å². The number of aryl methyl sites for hydroxylation is 2. The van der Waals surface area contributed by atoms with E-state index in [9.17, 15) is 0 Å². The minimum atomic E-state index is 0.